The van der Waals surface area contributed by atoms with Gasteiger partial charge >= 0.3 is 0 Å². The molecule has 2 nitrogen and oxygen atoms in total. The van der Waals surface area contributed by atoms with Crippen LogP contribution < -0.4 is 5.84 Å². The largest absolute Gasteiger partial charge is 0.269 e. The van der Waals surface area contributed by atoms with Gasteiger partial charge in [-0.05, 0) is 18.8 Å². The molecule has 0 aliphatic heterocycles. The van der Waals surface area contributed by atoms with Crippen LogP contribution in [0.1, 0.15) is 52.4 Å². The number of hydrazine groups is 1. The van der Waals surface area contributed by atoms with E-state index < -0.39 is 0 Å². The normalized spacial score (nSPS) is 22.2. The van der Waals surface area contributed by atoms with Crippen molar-refractivity contribution in [1.82, 2.24) is 5.01 Å². The Morgan fingerprint density at radius 1 is 1.31 bits per heavy atom. The summed E-state index contributed by atoms with van der Waals surface area (Å²) in [5, 5.41) is 2.09. The van der Waals surface area contributed by atoms with E-state index in [4.69, 9.17) is 5.84 Å². The molecule has 0 spiro atoms. The summed E-state index contributed by atoms with van der Waals surface area (Å²) in [6, 6.07) is 0.669. The van der Waals surface area contributed by atoms with E-state index in [1.54, 1.807) is 0 Å². The molecule has 1 atom stereocenters. The molecule has 1 aliphatic carbocycles. The van der Waals surface area contributed by atoms with E-state index >= 15 is 0 Å². The lowest BCUT2D eigenvalue weighted by molar-refractivity contribution is 0.137. The Bertz CT molecular complexity index is 130. The molecule has 1 unspecified atom stereocenters. The SMILES string of the molecule is CCC(C)CN(N)C1CCCCC1. The van der Waals surface area contributed by atoms with Crippen molar-refractivity contribution in [2.24, 2.45) is 11.8 Å². The highest BCUT2D eigenvalue weighted by Gasteiger charge is 2.19. The summed E-state index contributed by atoms with van der Waals surface area (Å²) >= 11 is 0. The molecule has 0 amide bonds. The molecule has 0 saturated heterocycles. The van der Waals surface area contributed by atoms with Gasteiger partial charge in [0, 0.05) is 12.6 Å². The predicted octanol–water partition coefficient (Wildman–Crippen LogP) is 2.54. The molecule has 13 heavy (non-hydrogen) atoms. The lowest BCUT2D eigenvalue weighted by Gasteiger charge is -2.32. The fraction of sp³-hybridized carbons (Fsp3) is 1.00. The third-order valence-corrected chi connectivity index (χ3v) is 3.26. The molecule has 2 heteroatoms. The van der Waals surface area contributed by atoms with Gasteiger partial charge in [0.2, 0.25) is 0 Å². The van der Waals surface area contributed by atoms with Crippen molar-refractivity contribution in [1.29, 1.82) is 0 Å². The van der Waals surface area contributed by atoms with Crippen molar-refractivity contribution in [3.8, 4) is 0 Å². The first-order valence-corrected chi connectivity index (χ1v) is 5.75. The summed E-state index contributed by atoms with van der Waals surface area (Å²) in [4.78, 5) is 0. The van der Waals surface area contributed by atoms with Crippen LogP contribution >= 0.6 is 0 Å². The summed E-state index contributed by atoms with van der Waals surface area (Å²) in [6.07, 6.45) is 8.02. The maximum atomic E-state index is 6.06. The van der Waals surface area contributed by atoms with Crippen molar-refractivity contribution < 1.29 is 0 Å². The standard InChI is InChI=1S/C11H24N2/c1-3-10(2)9-13(12)11-7-5-4-6-8-11/h10-11H,3-9,12H2,1-2H3. The Morgan fingerprint density at radius 2 is 1.92 bits per heavy atom. The van der Waals surface area contributed by atoms with E-state index in [2.05, 4.69) is 18.9 Å². The monoisotopic (exact) mass is 184 g/mol. The molecule has 1 fully saturated rings. The molecule has 1 saturated carbocycles. The molecule has 1 aliphatic rings. The van der Waals surface area contributed by atoms with E-state index in [0.717, 1.165) is 12.5 Å². The highest BCUT2D eigenvalue weighted by molar-refractivity contribution is 4.73. The highest BCUT2D eigenvalue weighted by Crippen LogP contribution is 2.21. The Morgan fingerprint density at radius 3 is 2.46 bits per heavy atom. The van der Waals surface area contributed by atoms with E-state index in [1.807, 2.05) is 0 Å². The second-order valence-corrected chi connectivity index (χ2v) is 4.50. The van der Waals surface area contributed by atoms with E-state index in [0.29, 0.717) is 6.04 Å². The smallest absolute Gasteiger partial charge is 0.0241 e. The van der Waals surface area contributed by atoms with Crippen LogP contribution in [0.25, 0.3) is 0 Å². The van der Waals surface area contributed by atoms with Gasteiger partial charge in [-0.3, -0.25) is 5.84 Å². The van der Waals surface area contributed by atoms with Crippen molar-refractivity contribution in [2.75, 3.05) is 6.54 Å². The zero-order chi connectivity index (χ0) is 9.68. The second kappa shape index (κ2) is 5.61. The van der Waals surface area contributed by atoms with Crippen LogP contribution in [-0.2, 0) is 0 Å². The Kier molecular flexibility index (Phi) is 4.74. The molecule has 0 aromatic carbocycles. The minimum absolute atomic E-state index is 0.669. The van der Waals surface area contributed by atoms with Crippen molar-refractivity contribution in [3.63, 3.8) is 0 Å². The summed E-state index contributed by atoms with van der Waals surface area (Å²) in [5.41, 5.74) is 0. The van der Waals surface area contributed by atoms with Crippen LogP contribution in [0.2, 0.25) is 0 Å². The summed E-state index contributed by atoms with van der Waals surface area (Å²) in [7, 11) is 0. The minimum Gasteiger partial charge on any atom is -0.269 e. The molecule has 1 rings (SSSR count). The van der Waals surface area contributed by atoms with Crippen LogP contribution in [0, 0.1) is 5.92 Å². The third kappa shape index (κ3) is 3.65. The number of rotatable bonds is 4. The summed E-state index contributed by atoms with van der Waals surface area (Å²) < 4.78 is 0. The average molecular weight is 184 g/mol. The van der Waals surface area contributed by atoms with Gasteiger partial charge in [0.05, 0.1) is 0 Å². The van der Waals surface area contributed by atoms with E-state index in [9.17, 15) is 0 Å². The molecule has 2 N–H and O–H groups in total. The molecular weight excluding hydrogens is 160 g/mol. The topological polar surface area (TPSA) is 29.3 Å². The first-order chi connectivity index (χ1) is 6.24. The van der Waals surface area contributed by atoms with Gasteiger partial charge in [-0.2, -0.15) is 0 Å². The zero-order valence-corrected chi connectivity index (χ0v) is 9.13. The average Bonchev–Trinajstić information content (AvgIpc) is 2.19. The summed E-state index contributed by atoms with van der Waals surface area (Å²) in [5.74, 6) is 6.80. The molecule has 78 valence electrons. The Hall–Kier alpha value is -0.0800. The molecule has 0 radical (unpaired) electrons. The molecular formula is C11H24N2. The number of nitrogens with zero attached hydrogens (tertiary/aromatic N) is 1. The van der Waals surface area contributed by atoms with Crippen LogP contribution in [0.3, 0.4) is 0 Å². The minimum atomic E-state index is 0.669. The second-order valence-electron chi connectivity index (χ2n) is 4.50. The van der Waals surface area contributed by atoms with Gasteiger partial charge in [0.1, 0.15) is 0 Å². The van der Waals surface area contributed by atoms with Gasteiger partial charge in [0.15, 0.2) is 0 Å². The molecule has 0 heterocycles. The van der Waals surface area contributed by atoms with Gasteiger partial charge in [-0.1, -0.05) is 39.5 Å². The number of nitrogens with two attached hydrogens (primary N) is 1. The maximum Gasteiger partial charge on any atom is 0.0241 e. The highest BCUT2D eigenvalue weighted by atomic mass is 15.4. The Labute approximate surface area is 82.5 Å². The summed E-state index contributed by atoms with van der Waals surface area (Å²) in [6.45, 7) is 5.59. The zero-order valence-electron chi connectivity index (χ0n) is 9.13. The molecule has 0 bridgehead atoms. The number of hydrogen-bond donors (Lipinski definition) is 1. The lowest BCUT2D eigenvalue weighted by Crippen LogP contribution is -2.44. The van der Waals surface area contributed by atoms with Crippen molar-refractivity contribution in [2.45, 2.75) is 58.4 Å². The third-order valence-electron chi connectivity index (χ3n) is 3.26. The van der Waals surface area contributed by atoms with E-state index in [1.165, 1.54) is 38.5 Å². The lowest BCUT2D eigenvalue weighted by atomic mass is 9.94. The van der Waals surface area contributed by atoms with Gasteiger partial charge < -0.3 is 0 Å². The maximum absolute atomic E-state index is 6.06. The van der Waals surface area contributed by atoms with Crippen LogP contribution in [0.5, 0.6) is 0 Å². The fourth-order valence-corrected chi connectivity index (χ4v) is 2.05. The van der Waals surface area contributed by atoms with Gasteiger partial charge in [-0.25, -0.2) is 5.01 Å². The first kappa shape index (κ1) is 11.0. The van der Waals surface area contributed by atoms with Crippen molar-refractivity contribution >= 4 is 0 Å². The fourth-order valence-electron chi connectivity index (χ4n) is 2.05. The van der Waals surface area contributed by atoms with Gasteiger partial charge in [-0.15, -0.1) is 0 Å². The Balaban J connectivity index is 2.24. The number of hydrogen-bond acceptors (Lipinski definition) is 2. The molecule has 0 aromatic rings. The van der Waals surface area contributed by atoms with Crippen molar-refractivity contribution in [3.05, 3.63) is 0 Å². The van der Waals surface area contributed by atoms with E-state index in [-0.39, 0.29) is 0 Å². The first-order valence-electron chi connectivity index (χ1n) is 5.75. The quantitative estimate of drug-likeness (QED) is 0.537. The van der Waals surface area contributed by atoms with Crippen LogP contribution in [-0.4, -0.2) is 17.6 Å². The molecule has 0 aromatic heterocycles. The van der Waals surface area contributed by atoms with Crippen LogP contribution in [0.15, 0.2) is 0 Å². The van der Waals surface area contributed by atoms with Crippen LogP contribution in [0.4, 0.5) is 0 Å². The van der Waals surface area contributed by atoms with Gasteiger partial charge in [0.25, 0.3) is 0 Å². The predicted molar refractivity (Wildman–Crippen MR) is 57.2 cm³/mol.